The molecule has 0 radical (unpaired) electrons. The van der Waals surface area contributed by atoms with E-state index in [9.17, 15) is 4.79 Å². The minimum absolute atomic E-state index is 0.298. The van der Waals surface area contributed by atoms with Crippen LogP contribution in [0.3, 0.4) is 0 Å². The van der Waals surface area contributed by atoms with Crippen molar-refractivity contribution in [3.05, 3.63) is 40.0 Å². The molecule has 4 rings (SSSR count). The van der Waals surface area contributed by atoms with Crippen LogP contribution in [0.25, 0.3) is 0 Å². The summed E-state index contributed by atoms with van der Waals surface area (Å²) >= 11 is 6.43. The molecule has 34 heavy (non-hydrogen) atoms. The van der Waals surface area contributed by atoms with E-state index in [0.717, 1.165) is 55.9 Å². The molecule has 5 N–H and O–H groups in total. The molecular weight excluding hydrogens is 450 g/mol. The smallest absolute Gasteiger partial charge is 0.319 e. The molecule has 184 valence electrons. The standard InChI is InChI=1S/C25H36ClN7O/c1-32(2)23-19-7-3-4-9-21(19)30-25(31-23)29-18-12-10-16(11-13-18)15-33(24(28)34)22-17(14-27)6-5-8-20(22)26/h5-6,8,16,18H,3-4,7,9-15,27H2,1-2H3,(H2,28,34)(H,29,30,31)/t16-,18+. The van der Waals surface area contributed by atoms with Crippen LogP contribution in [0, 0.1) is 5.92 Å². The maximum absolute atomic E-state index is 12.3. The van der Waals surface area contributed by atoms with Crippen molar-refractivity contribution in [1.29, 1.82) is 0 Å². The number of nitrogens with two attached hydrogens (primary N) is 2. The Balaban J connectivity index is 1.41. The van der Waals surface area contributed by atoms with Gasteiger partial charge in [0.1, 0.15) is 5.82 Å². The highest BCUT2D eigenvalue weighted by atomic mass is 35.5. The summed E-state index contributed by atoms with van der Waals surface area (Å²) in [6.45, 7) is 0.838. The van der Waals surface area contributed by atoms with E-state index in [4.69, 9.17) is 33.0 Å². The Morgan fingerprint density at radius 3 is 2.56 bits per heavy atom. The number of anilines is 3. The van der Waals surface area contributed by atoms with Gasteiger partial charge in [-0.25, -0.2) is 9.78 Å². The topological polar surface area (TPSA) is 113 Å². The van der Waals surface area contributed by atoms with Crippen molar-refractivity contribution in [2.45, 2.75) is 64.0 Å². The molecule has 1 aromatic carbocycles. The van der Waals surface area contributed by atoms with E-state index >= 15 is 0 Å². The van der Waals surface area contributed by atoms with Gasteiger partial charge in [0.25, 0.3) is 0 Å². The number of primary amides is 1. The zero-order valence-electron chi connectivity index (χ0n) is 20.2. The van der Waals surface area contributed by atoms with Gasteiger partial charge in [0, 0.05) is 38.8 Å². The van der Waals surface area contributed by atoms with Gasteiger partial charge in [-0.15, -0.1) is 0 Å². The highest BCUT2D eigenvalue weighted by molar-refractivity contribution is 6.34. The van der Waals surface area contributed by atoms with E-state index in [0.29, 0.717) is 35.8 Å². The van der Waals surface area contributed by atoms with Crippen LogP contribution in [-0.4, -0.2) is 42.7 Å². The van der Waals surface area contributed by atoms with Crippen LogP contribution in [0.2, 0.25) is 5.02 Å². The summed E-state index contributed by atoms with van der Waals surface area (Å²) in [7, 11) is 4.09. The van der Waals surface area contributed by atoms with Crippen molar-refractivity contribution in [2.75, 3.05) is 35.8 Å². The number of nitrogens with one attached hydrogen (secondary N) is 1. The van der Waals surface area contributed by atoms with E-state index in [2.05, 4.69) is 10.2 Å². The summed E-state index contributed by atoms with van der Waals surface area (Å²) in [5, 5.41) is 4.09. The fraction of sp³-hybridized carbons (Fsp3) is 0.560. The highest BCUT2D eigenvalue weighted by Crippen LogP contribution is 2.34. The van der Waals surface area contributed by atoms with Gasteiger partial charge >= 0.3 is 6.03 Å². The Kier molecular flexibility index (Phi) is 7.78. The van der Waals surface area contributed by atoms with Crippen molar-refractivity contribution in [3.63, 3.8) is 0 Å². The SMILES string of the molecule is CN(C)c1nc(N[C@H]2CC[C@@H](CN(C(N)=O)c3c(Cl)cccc3CN)CC2)nc2c1CCCC2. The minimum Gasteiger partial charge on any atom is -0.362 e. The fourth-order valence-corrected chi connectivity index (χ4v) is 5.55. The van der Waals surface area contributed by atoms with Crippen molar-refractivity contribution >= 4 is 35.1 Å². The summed E-state index contributed by atoms with van der Waals surface area (Å²) in [4.78, 5) is 25.7. The normalized spacial score (nSPS) is 19.9. The third kappa shape index (κ3) is 5.39. The second-order valence-corrected chi connectivity index (χ2v) is 10.1. The molecule has 2 aliphatic carbocycles. The summed E-state index contributed by atoms with van der Waals surface area (Å²) in [6, 6.07) is 5.32. The van der Waals surface area contributed by atoms with Crippen molar-refractivity contribution in [3.8, 4) is 0 Å². The van der Waals surface area contributed by atoms with E-state index in [-0.39, 0.29) is 0 Å². The number of aryl methyl sites for hydroxylation is 1. The minimum atomic E-state index is -0.498. The van der Waals surface area contributed by atoms with Crippen molar-refractivity contribution in [2.24, 2.45) is 17.4 Å². The average Bonchev–Trinajstić information content (AvgIpc) is 2.83. The molecule has 8 nitrogen and oxygen atoms in total. The van der Waals surface area contributed by atoms with E-state index in [1.165, 1.54) is 24.1 Å². The van der Waals surface area contributed by atoms with Crippen LogP contribution >= 0.6 is 11.6 Å². The van der Waals surface area contributed by atoms with Gasteiger partial charge < -0.3 is 21.7 Å². The third-order valence-corrected chi connectivity index (χ3v) is 7.34. The van der Waals surface area contributed by atoms with Crippen LogP contribution in [-0.2, 0) is 19.4 Å². The Morgan fingerprint density at radius 2 is 1.88 bits per heavy atom. The summed E-state index contributed by atoms with van der Waals surface area (Å²) in [5.74, 6) is 2.11. The van der Waals surface area contributed by atoms with Gasteiger partial charge in [0.15, 0.2) is 0 Å². The number of fused-ring (bicyclic) bond motifs is 1. The predicted octanol–water partition coefficient (Wildman–Crippen LogP) is 4.09. The van der Waals surface area contributed by atoms with E-state index in [1.807, 2.05) is 26.2 Å². The molecule has 9 heteroatoms. The molecule has 1 saturated carbocycles. The first-order valence-electron chi connectivity index (χ1n) is 12.3. The molecule has 1 aromatic heterocycles. The number of rotatable bonds is 7. The summed E-state index contributed by atoms with van der Waals surface area (Å²) in [6.07, 6.45) is 8.41. The van der Waals surface area contributed by atoms with Gasteiger partial charge in [0.05, 0.1) is 16.4 Å². The second-order valence-electron chi connectivity index (χ2n) is 9.66. The number of halogens is 1. The van der Waals surface area contributed by atoms with Crippen molar-refractivity contribution < 1.29 is 4.79 Å². The molecule has 2 aromatic rings. The molecule has 0 atom stereocenters. The molecular formula is C25H36ClN7O. The van der Waals surface area contributed by atoms with Gasteiger partial charge in [-0.1, -0.05) is 23.7 Å². The number of benzene rings is 1. The second kappa shape index (κ2) is 10.8. The Morgan fingerprint density at radius 1 is 1.15 bits per heavy atom. The lowest BCUT2D eigenvalue weighted by atomic mass is 9.85. The number of amides is 2. The monoisotopic (exact) mass is 485 g/mol. The first kappa shape index (κ1) is 24.5. The molecule has 0 spiro atoms. The van der Waals surface area contributed by atoms with Gasteiger partial charge in [0.2, 0.25) is 5.95 Å². The number of nitrogens with zero attached hydrogens (tertiary/aromatic N) is 4. The molecule has 0 aliphatic heterocycles. The maximum atomic E-state index is 12.3. The molecule has 0 unspecified atom stereocenters. The lowest BCUT2D eigenvalue weighted by molar-refractivity contribution is 0.250. The van der Waals surface area contributed by atoms with Crippen LogP contribution in [0.1, 0.15) is 55.3 Å². The zero-order valence-corrected chi connectivity index (χ0v) is 20.9. The summed E-state index contributed by atoms with van der Waals surface area (Å²) < 4.78 is 0. The fourth-order valence-electron chi connectivity index (χ4n) is 5.26. The molecule has 1 heterocycles. The lowest BCUT2D eigenvalue weighted by Crippen LogP contribution is -2.41. The Bertz CT molecular complexity index is 1020. The van der Waals surface area contributed by atoms with Crippen LogP contribution in [0.4, 0.5) is 22.2 Å². The average molecular weight is 486 g/mol. The highest BCUT2D eigenvalue weighted by Gasteiger charge is 2.28. The number of hydrogen-bond acceptors (Lipinski definition) is 6. The van der Waals surface area contributed by atoms with Gasteiger partial charge in [-0.05, 0) is 68.9 Å². The maximum Gasteiger partial charge on any atom is 0.319 e. The van der Waals surface area contributed by atoms with E-state index in [1.54, 1.807) is 11.0 Å². The predicted molar refractivity (Wildman–Crippen MR) is 139 cm³/mol. The molecule has 2 amide bonds. The Hall–Kier alpha value is -2.58. The van der Waals surface area contributed by atoms with Crippen LogP contribution in [0.5, 0.6) is 0 Å². The Labute approximate surface area is 207 Å². The first-order chi connectivity index (χ1) is 16.4. The van der Waals surface area contributed by atoms with Gasteiger partial charge in [-0.2, -0.15) is 4.98 Å². The van der Waals surface area contributed by atoms with Gasteiger partial charge in [-0.3, -0.25) is 4.90 Å². The molecule has 0 bridgehead atoms. The molecule has 0 saturated heterocycles. The number of carbonyl (C=O) groups excluding carboxylic acids is 1. The quantitative estimate of drug-likeness (QED) is 0.544. The zero-order chi connectivity index (χ0) is 24.2. The third-order valence-electron chi connectivity index (χ3n) is 7.03. The number of para-hydroxylation sites is 1. The summed E-state index contributed by atoms with van der Waals surface area (Å²) in [5.41, 5.74) is 15.6. The lowest BCUT2D eigenvalue weighted by Gasteiger charge is -2.33. The number of aromatic nitrogens is 2. The molecule has 2 aliphatic rings. The van der Waals surface area contributed by atoms with Crippen molar-refractivity contribution in [1.82, 2.24) is 9.97 Å². The number of carbonyl (C=O) groups is 1. The number of hydrogen-bond donors (Lipinski definition) is 3. The largest absolute Gasteiger partial charge is 0.362 e. The first-order valence-corrected chi connectivity index (χ1v) is 12.6. The van der Waals surface area contributed by atoms with Crippen LogP contribution in [0.15, 0.2) is 18.2 Å². The van der Waals surface area contributed by atoms with E-state index < -0.39 is 6.03 Å². The van der Waals surface area contributed by atoms with Crippen LogP contribution < -0.4 is 26.6 Å². The number of urea groups is 1. The molecule has 1 fully saturated rings.